The van der Waals surface area contributed by atoms with Crippen molar-refractivity contribution in [3.05, 3.63) is 120 Å². The number of anilines is 2. The van der Waals surface area contributed by atoms with E-state index >= 15 is 0 Å². The Labute approximate surface area is 239 Å². The SMILES string of the molecule is CC1C2c3ccccc3SC2CC2(C)C1c1ccccc1N2c1nc(-c2ccccc2)nc(-c2ccccc2)n1. The summed E-state index contributed by atoms with van der Waals surface area (Å²) < 4.78 is 0. The number of para-hydroxylation sites is 1. The topological polar surface area (TPSA) is 41.9 Å². The van der Waals surface area contributed by atoms with Gasteiger partial charge in [-0.1, -0.05) is 104 Å². The molecule has 4 nitrogen and oxygen atoms in total. The van der Waals surface area contributed by atoms with Crippen molar-refractivity contribution >= 4 is 23.4 Å². The molecule has 4 aromatic carbocycles. The minimum Gasteiger partial charge on any atom is -0.304 e. The van der Waals surface area contributed by atoms with Gasteiger partial charge in [0, 0.05) is 38.8 Å². The summed E-state index contributed by atoms with van der Waals surface area (Å²) in [5.74, 6) is 3.54. The van der Waals surface area contributed by atoms with Gasteiger partial charge < -0.3 is 4.90 Å². The number of hydrogen-bond acceptors (Lipinski definition) is 5. The first-order chi connectivity index (χ1) is 19.6. The van der Waals surface area contributed by atoms with Gasteiger partial charge in [0.25, 0.3) is 0 Å². The second kappa shape index (κ2) is 9.03. The molecule has 0 N–H and O–H groups in total. The van der Waals surface area contributed by atoms with Crippen molar-refractivity contribution in [1.82, 2.24) is 15.0 Å². The number of nitrogens with zero attached hydrogens (tertiary/aromatic N) is 4. The molecule has 40 heavy (non-hydrogen) atoms. The molecule has 0 radical (unpaired) electrons. The molecule has 1 saturated carbocycles. The van der Waals surface area contributed by atoms with Gasteiger partial charge in [-0.05, 0) is 42.5 Å². The Balaban J connectivity index is 1.32. The minimum absolute atomic E-state index is 0.164. The lowest BCUT2D eigenvalue weighted by Crippen LogP contribution is -2.53. The van der Waals surface area contributed by atoms with E-state index in [1.807, 2.05) is 36.4 Å². The molecule has 5 heteroatoms. The maximum absolute atomic E-state index is 5.19. The standard InChI is InChI=1S/C35H30N4S/c1-22-30-26-18-10-12-20-28(26)40-29(30)21-35(2)31(22)25-17-9-11-19-27(25)39(35)34-37-32(23-13-5-3-6-14-23)36-33(38-34)24-15-7-4-8-16-24/h3-20,22,29-31H,21H2,1-2H3. The molecule has 5 unspecified atom stereocenters. The van der Waals surface area contributed by atoms with Gasteiger partial charge in [-0.25, -0.2) is 4.98 Å². The molecule has 0 bridgehead atoms. The van der Waals surface area contributed by atoms with Gasteiger partial charge in [0.05, 0.1) is 5.54 Å². The van der Waals surface area contributed by atoms with E-state index in [1.54, 1.807) is 0 Å². The van der Waals surface area contributed by atoms with E-state index in [4.69, 9.17) is 15.0 Å². The molecule has 3 heterocycles. The van der Waals surface area contributed by atoms with Gasteiger partial charge in [0.1, 0.15) is 0 Å². The first-order valence-electron chi connectivity index (χ1n) is 14.1. The van der Waals surface area contributed by atoms with Crippen LogP contribution in [0.15, 0.2) is 114 Å². The van der Waals surface area contributed by atoms with E-state index in [2.05, 4.69) is 103 Å². The molecule has 2 aliphatic heterocycles. The number of thioether (sulfide) groups is 1. The maximum Gasteiger partial charge on any atom is 0.234 e. The van der Waals surface area contributed by atoms with Gasteiger partial charge in [-0.15, -0.1) is 11.8 Å². The maximum atomic E-state index is 5.19. The Morgan fingerprint density at radius 1 is 0.700 bits per heavy atom. The van der Waals surface area contributed by atoms with E-state index < -0.39 is 0 Å². The number of aromatic nitrogens is 3. The molecule has 8 rings (SSSR count). The van der Waals surface area contributed by atoms with Crippen LogP contribution in [0.5, 0.6) is 0 Å². The van der Waals surface area contributed by atoms with Crippen LogP contribution in [0.25, 0.3) is 22.8 Å². The summed E-state index contributed by atoms with van der Waals surface area (Å²) in [5, 5.41) is 0.523. The van der Waals surface area contributed by atoms with Crippen molar-refractivity contribution in [2.75, 3.05) is 4.90 Å². The molecule has 0 amide bonds. The Bertz CT molecular complexity index is 1660. The minimum atomic E-state index is -0.164. The fourth-order valence-corrected chi connectivity index (χ4v) is 9.50. The van der Waals surface area contributed by atoms with Crippen LogP contribution in [0.1, 0.15) is 43.2 Å². The first kappa shape index (κ1) is 23.9. The summed E-state index contributed by atoms with van der Waals surface area (Å²) in [5.41, 5.74) is 5.99. The molecule has 5 atom stereocenters. The zero-order valence-electron chi connectivity index (χ0n) is 22.6. The first-order valence-corrected chi connectivity index (χ1v) is 15.0. The van der Waals surface area contributed by atoms with E-state index in [1.165, 1.54) is 21.7 Å². The van der Waals surface area contributed by atoms with Gasteiger partial charge in [-0.2, -0.15) is 9.97 Å². The largest absolute Gasteiger partial charge is 0.304 e. The molecule has 1 fully saturated rings. The number of hydrogen-bond donors (Lipinski definition) is 0. The predicted molar refractivity (Wildman–Crippen MR) is 163 cm³/mol. The van der Waals surface area contributed by atoms with Crippen LogP contribution in [0.2, 0.25) is 0 Å². The number of benzene rings is 4. The molecule has 0 saturated heterocycles. The average Bonchev–Trinajstić information content (AvgIpc) is 3.49. The van der Waals surface area contributed by atoms with Crippen molar-refractivity contribution in [3.63, 3.8) is 0 Å². The Morgan fingerprint density at radius 2 is 1.27 bits per heavy atom. The fourth-order valence-electron chi connectivity index (χ4n) is 7.71. The highest BCUT2D eigenvalue weighted by Crippen LogP contribution is 2.66. The summed E-state index contributed by atoms with van der Waals surface area (Å²) in [6.07, 6.45) is 1.06. The van der Waals surface area contributed by atoms with Gasteiger partial charge in [0.2, 0.25) is 5.95 Å². The molecule has 1 aliphatic carbocycles. The van der Waals surface area contributed by atoms with Crippen molar-refractivity contribution in [3.8, 4) is 22.8 Å². The molecule has 196 valence electrons. The van der Waals surface area contributed by atoms with Gasteiger partial charge in [-0.3, -0.25) is 0 Å². The zero-order valence-corrected chi connectivity index (χ0v) is 23.4. The average molecular weight is 539 g/mol. The quantitative estimate of drug-likeness (QED) is 0.230. The van der Waals surface area contributed by atoms with Crippen LogP contribution in [-0.2, 0) is 0 Å². The van der Waals surface area contributed by atoms with E-state index in [0.29, 0.717) is 34.7 Å². The molecule has 1 aromatic heterocycles. The third-order valence-corrected chi connectivity index (χ3v) is 10.6. The van der Waals surface area contributed by atoms with E-state index in [0.717, 1.165) is 23.5 Å². The van der Waals surface area contributed by atoms with E-state index in [-0.39, 0.29) is 5.54 Å². The van der Waals surface area contributed by atoms with Crippen molar-refractivity contribution in [2.24, 2.45) is 5.92 Å². The second-order valence-electron chi connectivity index (χ2n) is 11.5. The molecule has 0 spiro atoms. The highest BCUT2D eigenvalue weighted by molar-refractivity contribution is 8.00. The highest BCUT2D eigenvalue weighted by Gasteiger charge is 2.60. The van der Waals surface area contributed by atoms with Crippen LogP contribution >= 0.6 is 11.8 Å². The van der Waals surface area contributed by atoms with Crippen molar-refractivity contribution < 1.29 is 0 Å². The van der Waals surface area contributed by atoms with Crippen LogP contribution in [0.4, 0.5) is 11.6 Å². The summed E-state index contributed by atoms with van der Waals surface area (Å²) in [6, 6.07) is 38.5. The zero-order chi connectivity index (χ0) is 26.8. The molecular formula is C35H30N4S. The van der Waals surface area contributed by atoms with Crippen molar-refractivity contribution in [1.29, 1.82) is 0 Å². The summed E-state index contributed by atoms with van der Waals surface area (Å²) >= 11 is 2.07. The number of fused-ring (bicyclic) bond motifs is 6. The Kier molecular flexibility index (Phi) is 5.39. The van der Waals surface area contributed by atoms with Crippen molar-refractivity contribution in [2.45, 2.75) is 47.8 Å². The summed E-state index contributed by atoms with van der Waals surface area (Å²) in [6.45, 7) is 4.92. The van der Waals surface area contributed by atoms with Crippen LogP contribution in [0, 0.1) is 5.92 Å². The normalized spacial score (nSPS) is 26.1. The van der Waals surface area contributed by atoms with Crippen LogP contribution < -0.4 is 4.90 Å². The summed E-state index contributed by atoms with van der Waals surface area (Å²) in [4.78, 5) is 19.3. The third kappa shape index (κ3) is 3.50. The monoisotopic (exact) mass is 538 g/mol. The number of rotatable bonds is 3. The van der Waals surface area contributed by atoms with Crippen LogP contribution in [0.3, 0.4) is 0 Å². The Morgan fingerprint density at radius 3 is 1.95 bits per heavy atom. The lowest BCUT2D eigenvalue weighted by Gasteiger charge is -2.50. The highest BCUT2D eigenvalue weighted by atomic mass is 32.2. The molecular weight excluding hydrogens is 508 g/mol. The lowest BCUT2D eigenvalue weighted by molar-refractivity contribution is 0.202. The Hall–Kier alpha value is -3.96. The smallest absolute Gasteiger partial charge is 0.234 e. The molecule has 3 aliphatic rings. The van der Waals surface area contributed by atoms with E-state index in [9.17, 15) is 0 Å². The van der Waals surface area contributed by atoms with Crippen LogP contribution in [-0.4, -0.2) is 25.7 Å². The summed E-state index contributed by atoms with van der Waals surface area (Å²) in [7, 11) is 0. The third-order valence-electron chi connectivity index (χ3n) is 9.24. The molecule has 5 aromatic rings. The predicted octanol–water partition coefficient (Wildman–Crippen LogP) is 8.50. The van der Waals surface area contributed by atoms with Gasteiger partial charge in [0.15, 0.2) is 11.6 Å². The second-order valence-corrected chi connectivity index (χ2v) is 12.8. The fraction of sp³-hybridized carbons (Fsp3) is 0.229. The van der Waals surface area contributed by atoms with Gasteiger partial charge >= 0.3 is 0 Å². The lowest BCUT2D eigenvalue weighted by atomic mass is 9.61.